The number of nitrogens with zero attached hydrogens (tertiary/aromatic N) is 1. The van der Waals surface area contributed by atoms with Crippen molar-refractivity contribution in [1.29, 1.82) is 0 Å². The zero-order valence-electron chi connectivity index (χ0n) is 21.5. The van der Waals surface area contributed by atoms with Gasteiger partial charge in [-0.3, -0.25) is 15.0 Å². The van der Waals surface area contributed by atoms with Crippen LogP contribution in [-0.4, -0.2) is 35.4 Å². The Hall–Kier alpha value is -3.86. The van der Waals surface area contributed by atoms with Gasteiger partial charge in [0.2, 0.25) is 0 Å². The van der Waals surface area contributed by atoms with E-state index < -0.39 is 11.8 Å². The fourth-order valence-electron chi connectivity index (χ4n) is 4.16. The summed E-state index contributed by atoms with van der Waals surface area (Å²) in [6.07, 6.45) is 1.70. The fraction of sp³-hybridized carbons (Fsp3) is 0.100. The molecule has 0 aromatic heterocycles. The van der Waals surface area contributed by atoms with E-state index in [1.807, 2.05) is 30.3 Å². The number of benzene rings is 4. The normalized spacial score (nSPS) is 14.1. The maximum absolute atomic E-state index is 13.1. The molecule has 5 rings (SSSR count). The largest absolute Gasteiger partial charge is 0.497 e. The SMILES string of the molecule is COc1ccc(C(=O)NN2C(=O)/C(=C\c3cc(Br)c(OCc4cccc5ccccc45)c(OC)c3)SC2=S)cc1. The molecule has 1 aliphatic heterocycles. The third-order valence-corrected chi connectivity index (χ3v) is 8.05. The average molecular weight is 636 g/mol. The van der Waals surface area contributed by atoms with Crippen LogP contribution in [-0.2, 0) is 11.4 Å². The number of halogens is 1. The minimum absolute atomic E-state index is 0.221. The van der Waals surface area contributed by atoms with E-state index in [1.165, 1.54) is 0 Å². The van der Waals surface area contributed by atoms with Crippen LogP contribution in [0.5, 0.6) is 17.2 Å². The van der Waals surface area contributed by atoms with Crippen LogP contribution in [0.3, 0.4) is 0 Å². The molecule has 1 heterocycles. The molecule has 1 fully saturated rings. The Morgan fingerprint density at radius 1 is 1.02 bits per heavy atom. The van der Waals surface area contributed by atoms with Gasteiger partial charge in [0.15, 0.2) is 15.8 Å². The first-order valence-electron chi connectivity index (χ1n) is 12.1. The lowest BCUT2D eigenvalue weighted by Gasteiger charge is -2.16. The zero-order chi connectivity index (χ0) is 28.2. The van der Waals surface area contributed by atoms with Crippen molar-refractivity contribution < 1.29 is 23.8 Å². The second kappa shape index (κ2) is 12.1. The summed E-state index contributed by atoms with van der Waals surface area (Å²) < 4.78 is 17.8. The number of carbonyl (C=O) groups is 2. The molecule has 0 radical (unpaired) electrons. The highest BCUT2D eigenvalue weighted by Gasteiger charge is 2.34. The van der Waals surface area contributed by atoms with Gasteiger partial charge in [-0.1, -0.05) is 54.2 Å². The average Bonchev–Trinajstić information content (AvgIpc) is 3.23. The van der Waals surface area contributed by atoms with Crippen LogP contribution in [0.4, 0.5) is 0 Å². The van der Waals surface area contributed by atoms with Crippen LogP contribution in [0.1, 0.15) is 21.5 Å². The van der Waals surface area contributed by atoms with Gasteiger partial charge < -0.3 is 14.2 Å². The first-order valence-corrected chi connectivity index (χ1v) is 14.1. The number of methoxy groups -OCH3 is 2. The quantitative estimate of drug-likeness (QED) is 0.170. The highest BCUT2D eigenvalue weighted by atomic mass is 79.9. The number of amides is 2. The van der Waals surface area contributed by atoms with Crippen molar-refractivity contribution in [2.75, 3.05) is 14.2 Å². The van der Waals surface area contributed by atoms with Gasteiger partial charge in [0.1, 0.15) is 12.4 Å². The third kappa shape index (κ3) is 5.84. The van der Waals surface area contributed by atoms with Gasteiger partial charge in [0.05, 0.1) is 23.6 Å². The molecule has 2 amide bonds. The zero-order valence-corrected chi connectivity index (χ0v) is 24.7. The molecule has 1 aliphatic rings. The number of nitrogens with one attached hydrogen (secondary N) is 1. The van der Waals surface area contributed by atoms with Gasteiger partial charge in [0, 0.05) is 5.56 Å². The number of hydrogen-bond donors (Lipinski definition) is 1. The standard InChI is InChI=1S/C30H23BrN2O5S2/c1-36-22-12-10-20(11-13-22)28(34)32-33-29(35)26(40-30(33)39)16-18-14-24(31)27(25(15-18)37-2)38-17-21-8-5-7-19-6-3-4-9-23(19)21/h3-16H,17H2,1-2H3,(H,32,34)/b26-16+. The number of thiocarbonyl (C=S) groups is 1. The summed E-state index contributed by atoms with van der Waals surface area (Å²) in [7, 11) is 3.10. The van der Waals surface area contributed by atoms with Gasteiger partial charge >= 0.3 is 0 Å². The molecular weight excluding hydrogens is 612 g/mol. The number of hydrazine groups is 1. The molecule has 1 saturated heterocycles. The Labute approximate surface area is 249 Å². The van der Waals surface area contributed by atoms with Crippen LogP contribution in [0.15, 0.2) is 88.2 Å². The van der Waals surface area contributed by atoms with E-state index in [0.717, 1.165) is 33.1 Å². The Balaban J connectivity index is 1.32. The van der Waals surface area contributed by atoms with Crippen LogP contribution in [0.25, 0.3) is 16.8 Å². The Kier molecular flexibility index (Phi) is 8.39. The number of carbonyl (C=O) groups excluding carboxylic acids is 2. The first-order chi connectivity index (χ1) is 19.4. The smallest absolute Gasteiger partial charge is 0.285 e. The Bertz CT molecular complexity index is 1650. The number of thioether (sulfide) groups is 1. The van der Waals surface area contributed by atoms with Crippen molar-refractivity contribution in [3.8, 4) is 17.2 Å². The molecule has 0 atom stereocenters. The molecular formula is C30H23BrN2O5S2. The minimum Gasteiger partial charge on any atom is -0.497 e. The van der Waals surface area contributed by atoms with Crippen molar-refractivity contribution in [3.05, 3.63) is 105 Å². The molecule has 10 heteroatoms. The highest BCUT2D eigenvalue weighted by Crippen LogP contribution is 2.39. The van der Waals surface area contributed by atoms with Gasteiger partial charge in [-0.15, -0.1) is 0 Å². The van der Waals surface area contributed by atoms with Crippen LogP contribution in [0.2, 0.25) is 0 Å². The monoisotopic (exact) mass is 634 g/mol. The van der Waals surface area contributed by atoms with E-state index in [2.05, 4.69) is 39.6 Å². The van der Waals surface area contributed by atoms with Gasteiger partial charge in [0.25, 0.3) is 11.8 Å². The molecule has 7 nitrogen and oxygen atoms in total. The molecule has 40 heavy (non-hydrogen) atoms. The summed E-state index contributed by atoms with van der Waals surface area (Å²) in [5, 5.41) is 3.34. The molecule has 1 N–H and O–H groups in total. The van der Waals surface area contributed by atoms with Crippen LogP contribution in [0, 0.1) is 0 Å². The minimum atomic E-state index is -0.461. The van der Waals surface area contributed by atoms with Gasteiger partial charge in [-0.05, 0) is 92.5 Å². The van der Waals surface area contributed by atoms with Crippen molar-refractivity contribution >= 4 is 72.9 Å². The van der Waals surface area contributed by atoms with Crippen molar-refractivity contribution in [3.63, 3.8) is 0 Å². The molecule has 0 bridgehead atoms. The lowest BCUT2D eigenvalue weighted by Crippen LogP contribution is -2.44. The summed E-state index contributed by atoms with van der Waals surface area (Å²) in [5.41, 5.74) is 4.70. The van der Waals surface area contributed by atoms with Crippen LogP contribution >= 0.6 is 39.9 Å². The van der Waals surface area contributed by atoms with Gasteiger partial charge in [-0.2, -0.15) is 5.01 Å². The summed E-state index contributed by atoms with van der Waals surface area (Å²) in [6, 6.07) is 24.4. The second-order valence-corrected chi connectivity index (χ2v) is 11.2. The van der Waals surface area contributed by atoms with E-state index >= 15 is 0 Å². The number of hydrogen-bond acceptors (Lipinski definition) is 7. The number of fused-ring (bicyclic) bond motifs is 1. The van der Waals surface area contributed by atoms with Crippen molar-refractivity contribution in [2.24, 2.45) is 0 Å². The molecule has 0 saturated carbocycles. The van der Waals surface area contributed by atoms with E-state index in [4.69, 9.17) is 26.4 Å². The first kappa shape index (κ1) is 27.7. The summed E-state index contributed by atoms with van der Waals surface area (Å²) in [5.74, 6) is 0.785. The lowest BCUT2D eigenvalue weighted by molar-refractivity contribution is -0.123. The number of rotatable bonds is 8. The van der Waals surface area contributed by atoms with E-state index in [-0.39, 0.29) is 4.32 Å². The van der Waals surface area contributed by atoms with E-state index in [0.29, 0.717) is 44.4 Å². The predicted molar refractivity (Wildman–Crippen MR) is 164 cm³/mol. The van der Waals surface area contributed by atoms with Crippen molar-refractivity contribution in [1.82, 2.24) is 10.4 Å². The summed E-state index contributed by atoms with van der Waals surface area (Å²) >= 11 is 10.1. The second-order valence-electron chi connectivity index (χ2n) is 8.65. The molecule has 202 valence electrons. The molecule has 0 spiro atoms. The third-order valence-electron chi connectivity index (χ3n) is 6.16. The topological polar surface area (TPSA) is 77.1 Å². The highest BCUT2D eigenvalue weighted by molar-refractivity contribution is 9.10. The molecule has 0 unspecified atom stereocenters. The fourth-order valence-corrected chi connectivity index (χ4v) is 5.91. The maximum Gasteiger partial charge on any atom is 0.285 e. The molecule has 4 aromatic rings. The number of ether oxygens (including phenoxy) is 3. The maximum atomic E-state index is 13.1. The lowest BCUT2D eigenvalue weighted by atomic mass is 10.1. The Morgan fingerprint density at radius 3 is 2.52 bits per heavy atom. The molecule has 4 aromatic carbocycles. The van der Waals surface area contributed by atoms with E-state index in [9.17, 15) is 9.59 Å². The van der Waals surface area contributed by atoms with Gasteiger partial charge in [-0.25, -0.2) is 0 Å². The molecule has 0 aliphatic carbocycles. The predicted octanol–water partition coefficient (Wildman–Crippen LogP) is 6.74. The van der Waals surface area contributed by atoms with Crippen molar-refractivity contribution in [2.45, 2.75) is 6.61 Å². The van der Waals surface area contributed by atoms with E-state index in [1.54, 1.807) is 50.6 Å². The Morgan fingerprint density at radius 2 is 1.77 bits per heavy atom. The summed E-state index contributed by atoms with van der Waals surface area (Å²) in [4.78, 5) is 26.2. The van der Waals surface area contributed by atoms with Crippen LogP contribution < -0.4 is 19.6 Å². The summed E-state index contributed by atoms with van der Waals surface area (Å²) in [6.45, 7) is 0.349.